The highest BCUT2D eigenvalue weighted by Crippen LogP contribution is 2.25. The molecule has 3 nitrogen and oxygen atoms in total. The molecule has 0 bridgehead atoms. The van der Waals surface area contributed by atoms with Gasteiger partial charge in [0.25, 0.3) is 0 Å². The monoisotopic (exact) mass is 219 g/mol. The van der Waals surface area contributed by atoms with E-state index in [1.807, 2.05) is 18.3 Å². The lowest BCUT2D eigenvalue weighted by atomic mass is 9.97. The molecule has 1 aromatic rings. The average molecular weight is 219 g/mol. The van der Waals surface area contributed by atoms with E-state index in [1.165, 1.54) is 32.1 Å². The van der Waals surface area contributed by atoms with Crippen LogP contribution < -0.4 is 11.1 Å². The van der Waals surface area contributed by atoms with Crippen LogP contribution in [0.1, 0.15) is 39.0 Å². The maximum absolute atomic E-state index is 5.57. The maximum atomic E-state index is 5.57. The Hall–Kier alpha value is -1.25. The summed E-state index contributed by atoms with van der Waals surface area (Å²) in [6, 6.07) is 4.46. The highest BCUT2D eigenvalue weighted by Gasteiger charge is 2.19. The highest BCUT2D eigenvalue weighted by molar-refractivity contribution is 5.46. The molecule has 2 rings (SSSR count). The Kier molecular flexibility index (Phi) is 3.65. The Balaban J connectivity index is 1.99. The summed E-state index contributed by atoms with van der Waals surface area (Å²) in [5.74, 6) is 1.33. The fraction of sp³-hybridized carbons (Fsp3) is 0.615. The van der Waals surface area contributed by atoms with E-state index in [2.05, 4.69) is 17.2 Å². The zero-order valence-corrected chi connectivity index (χ0v) is 9.95. The Morgan fingerprint density at radius 2 is 2.06 bits per heavy atom. The molecule has 16 heavy (non-hydrogen) atoms. The Bertz CT molecular complexity index is 320. The van der Waals surface area contributed by atoms with Crippen molar-refractivity contribution in [3.63, 3.8) is 0 Å². The number of nitrogens with one attached hydrogen (secondary N) is 1. The molecule has 2 atom stereocenters. The Morgan fingerprint density at radius 1 is 1.25 bits per heavy atom. The number of nitrogens with zero attached hydrogens (tertiary/aromatic N) is 1. The van der Waals surface area contributed by atoms with Crippen LogP contribution in [0.25, 0.3) is 0 Å². The topological polar surface area (TPSA) is 50.9 Å². The van der Waals surface area contributed by atoms with Gasteiger partial charge >= 0.3 is 0 Å². The van der Waals surface area contributed by atoms with Crippen molar-refractivity contribution >= 4 is 11.5 Å². The van der Waals surface area contributed by atoms with Crippen molar-refractivity contribution in [3.8, 4) is 0 Å². The molecule has 0 spiro atoms. The first-order valence-electron chi connectivity index (χ1n) is 6.24. The van der Waals surface area contributed by atoms with Crippen molar-refractivity contribution in [2.45, 2.75) is 45.1 Å². The predicted octanol–water partition coefficient (Wildman–Crippen LogP) is 3.04. The van der Waals surface area contributed by atoms with Gasteiger partial charge in [0.2, 0.25) is 0 Å². The fourth-order valence-corrected chi connectivity index (χ4v) is 2.41. The predicted molar refractivity (Wildman–Crippen MR) is 68.3 cm³/mol. The summed E-state index contributed by atoms with van der Waals surface area (Å²) in [4.78, 5) is 4.11. The van der Waals surface area contributed by atoms with Crippen molar-refractivity contribution in [1.29, 1.82) is 0 Å². The van der Waals surface area contributed by atoms with E-state index in [4.69, 9.17) is 5.73 Å². The summed E-state index contributed by atoms with van der Waals surface area (Å²) in [5, 5.41) is 3.58. The molecule has 2 unspecified atom stereocenters. The van der Waals surface area contributed by atoms with Crippen molar-refractivity contribution < 1.29 is 0 Å². The lowest BCUT2D eigenvalue weighted by molar-refractivity contribution is 0.456. The molecular formula is C13H21N3. The minimum absolute atomic E-state index is 0.583. The molecule has 1 aromatic heterocycles. The zero-order valence-electron chi connectivity index (χ0n) is 9.95. The third-order valence-electron chi connectivity index (χ3n) is 3.50. The van der Waals surface area contributed by atoms with Crippen LogP contribution >= 0.6 is 0 Å². The van der Waals surface area contributed by atoms with E-state index in [9.17, 15) is 0 Å². The molecule has 0 aromatic carbocycles. The summed E-state index contributed by atoms with van der Waals surface area (Å²) in [5.41, 5.74) is 6.66. The number of rotatable bonds is 2. The van der Waals surface area contributed by atoms with E-state index in [1.54, 1.807) is 0 Å². The van der Waals surface area contributed by atoms with Crippen LogP contribution in [0.3, 0.4) is 0 Å². The van der Waals surface area contributed by atoms with Crippen molar-refractivity contribution in [2.75, 3.05) is 11.1 Å². The van der Waals surface area contributed by atoms with Gasteiger partial charge in [-0.2, -0.15) is 0 Å². The summed E-state index contributed by atoms with van der Waals surface area (Å²) in [7, 11) is 0. The number of aromatic nitrogens is 1. The molecule has 88 valence electrons. The van der Waals surface area contributed by atoms with Crippen LogP contribution in [0, 0.1) is 5.92 Å². The molecule has 0 aliphatic heterocycles. The van der Waals surface area contributed by atoms with Crippen LogP contribution in [-0.2, 0) is 0 Å². The maximum Gasteiger partial charge on any atom is 0.123 e. The SMILES string of the molecule is CC1CCCCCC1Nc1ccc(N)nc1. The number of hydrogen-bond acceptors (Lipinski definition) is 3. The third-order valence-corrected chi connectivity index (χ3v) is 3.50. The van der Waals surface area contributed by atoms with Gasteiger partial charge in [0, 0.05) is 6.04 Å². The van der Waals surface area contributed by atoms with Gasteiger partial charge in [-0.15, -0.1) is 0 Å². The van der Waals surface area contributed by atoms with Crippen LogP contribution in [0.15, 0.2) is 18.3 Å². The molecule has 1 saturated carbocycles. The van der Waals surface area contributed by atoms with E-state index in [-0.39, 0.29) is 0 Å². The molecule has 1 aliphatic rings. The third kappa shape index (κ3) is 2.87. The van der Waals surface area contributed by atoms with Gasteiger partial charge in [-0.05, 0) is 30.9 Å². The molecule has 1 fully saturated rings. The number of hydrogen-bond donors (Lipinski definition) is 2. The second kappa shape index (κ2) is 5.19. The minimum Gasteiger partial charge on any atom is -0.384 e. The van der Waals surface area contributed by atoms with Crippen molar-refractivity contribution in [3.05, 3.63) is 18.3 Å². The fourth-order valence-electron chi connectivity index (χ4n) is 2.41. The van der Waals surface area contributed by atoms with Crippen molar-refractivity contribution in [1.82, 2.24) is 4.98 Å². The van der Waals surface area contributed by atoms with E-state index < -0.39 is 0 Å². The second-order valence-electron chi connectivity index (χ2n) is 4.84. The second-order valence-corrected chi connectivity index (χ2v) is 4.84. The minimum atomic E-state index is 0.583. The molecule has 3 heteroatoms. The van der Waals surface area contributed by atoms with Crippen LogP contribution in [-0.4, -0.2) is 11.0 Å². The first-order chi connectivity index (χ1) is 7.75. The quantitative estimate of drug-likeness (QED) is 0.752. The largest absolute Gasteiger partial charge is 0.384 e. The zero-order chi connectivity index (χ0) is 11.4. The van der Waals surface area contributed by atoms with Gasteiger partial charge in [-0.25, -0.2) is 4.98 Å². The molecule has 0 amide bonds. The molecule has 0 saturated heterocycles. The van der Waals surface area contributed by atoms with Gasteiger partial charge in [0.05, 0.1) is 11.9 Å². The first kappa shape index (κ1) is 11.2. The van der Waals surface area contributed by atoms with E-state index in [0.717, 1.165) is 11.6 Å². The lowest BCUT2D eigenvalue weighted by Crippen LogP contribution is -2.26. The van der Waals surface area contributed by atoms with E-state index in [0.29, 0.717) is 11.9 Å². The summed E-state index contributed by atoms with van der Waals surface area (Å²) >= 11 is 0. The van der Waals surface area contributed by atoms with Gasteiger partial charge in [0.1, 0.15) is 5.82 Å². The number of nitrogen functional groups attached to an aromatic ring is 1. The Labute approximate surface area is 97.5 Å². The average Bonchev–Trinajstić information content (AvgIpc) is 2.48. The normalized spacial score (nSPS) is 26.1. The lowest BCUT2D eigenvalue weighted by Gasteiger charge is -2.23. The number of nitrogens with two attached hydrogens (primary N) is 1. The summed E-state index contributed by atoms with van der Waals surface area (Å²) in [6.45, 7) is 2.34. The molecule has 1 aliphatic carbocycles. The summed E-state index contributed by atoms with van der Waals surface area (Å²) < 4.78 is 0. The van der Waals surface area contributed by atoms with Gasteiger partial charge in [-0.3, -0.25) is 0 Å². The van der Waals surface area contributed by atoms with Crippen molar-refractivity contribution in [2.24, 2.45) is 5.92 Å². The number of anilines is 2. The highest BCUT2D eigenvalue weighted by atomic mass is 14.9. The van der Waals surface area contributed by atoms with E-state index >= 15 is 0 Å². The van der Waals surface area contributed by atoms with Crippen LogP contribution in [0.5, 0.6) is 0 Å². The standard InChI is InChI=1S/C13H21N3/c1-10-5-3-2-4-6-12(10)16-11-7-8-13(14)15-9-11/h7-10,12,16H,2-6H2,1H3,(H2,14,15). The van der Waals surface area contributed by atoms with Gasteiger partial charge in [0.15, 0.2) is 0 Å². The van der Waals surface area contributed by atoms with Gasteiger partial charge < -0.3 is 11.1 Å². The molecule has 0 radical (unpaired) electrons. The summed E-state index contributed by atoms with van der Waals surface area (Å²) in [6.07, 6.45) is 8.52. The molecular weight excluding hydrogens is 198 g/mol. The number of pyridine rings is 1. The van der Waals surface area contributed by atoms with Crippen LogP contribution in [0.2, 0.25) is 0 Å². The first-order valence-corrected chi connectivity index (χ1v) is 6.24. The smallest absolute Gasteiger partial charge is 0.123 e. The van der Waals surface area contributed by atoms with Gasteiger partial charge in [-0.1, -0.05) is 26.2 Å². The van der Waals surface area contributed by atoms with Crippen LogP contribution in [0.4, 0.5) is 11.5 Å². The Morgan fingerprint density at radius 3 is 2.81 bits per heavy atom. The molecule has 3 N–H and O–H groups in total. The molecule has 1 heterocycles.